The maximum atomic E-state index is 12.3. The fraction of sp³-hybridized carbons (Fsp3) is 0.438. The van der Waals surface area contributed by atoms with E-state index in [9.17, 15) is 4.79 Å². The SMILES string of the molecule is O=C(NCC1(CBr)CCCC1)c1coc2ccccc12. The number of carbonyl (C=O) groups is 1. The number of alkyl halides is 1. The van der Waals surface area contributed by atoms with Crippen LogP contribution in [-0.2, 0) is 0 Å². The number of hydrogen-bond acceptors (Lipinski definition) is 2. The summed E-state index contributed by atoms with van der Waals surface area (Å²) in [4.78, 5) is 12.3. The second kappa shape index (κ2) is 5.60. The van der Waals surface area contributed by atoms with E-state index in [4.69, 9.17) is 4.42 Å². The van der Waals surface area contributed by atoms with Crippen LogP contribution in [0.2, 0.25) is 0 Å². The summed E-state index contributed by atoms with van der Waals surface area (Å²) >= 11 is 3.60. The van der Waals surface area contributed by atoms with Crippen LogP contribution in [-0.4, -0.2) is 17.8 Å². The molecule has 0 bridgehead atoms. The molecular formula is C16H18BrNO2. The smallest absolute Gasteiger partial charge is 0.255 e. The molecule has 3 rings (SSSR count). The molecule has 0 radical (unpaired) electrons. The molecule has 3 nitrogen and oxygen atoms in total. The summed E-state index contributed by atoms with van der Waals surface area (Å²) in [7, 11) is 0. The number of fused-ring (bicyclic) bond motifs is 1. The summed E-state index contributed by atoms with van der Waals surface area (Å²) in [5.74, 6) is -0.0397. The van der Waals surface area contributed by atoms with Crippen LogP contribution in [0.25, 0.3) is 11.0 Å². The number of nitrogens with one attached hydrogen (secondary N) is 1. The number of halogens is 1. The number of amides is 1. The molecule has 106 valence electrons. The van der Waals surface area contributed by atoms with E-state index in [0.29, 0.717) is 5.56 Å². The Morgan fingerprint density at radius 2 is 2.05 bits per heavy atom. The van der Waals surface area contributed by atoms with E-state index in [1.165, 1.54) is 25.7 Å². The summed E-state index contributed by atoms with van der Waals surface area (Å²) < 4.78 is 5.42. The van der Waals surface area contributed by atoms with E-state index in [-0.39, 0.29) is 11.3 Å². The Labute approximate surface area is 126 Å². The molecule has 1 N–H and O–H groups in total. The highest BCUT2D eigenvalue weighted by molar-refractivity contribution is 9.09. The van der Waals surface area contributed by atoms with E-state index < -0.39 is 0 Å². The molecule has 1 aromatic heterocycles. The molecule has 0 unspecified atom stereocenters. The average Bonchev–Trinajstić information content (AvgIpc) is 3.12. The number of furan rings is 1. The lowest BCUT2D eigenvalue weighted by Gasteiger charge is -2.26. The van der Waals surface area contributed by atoms with Crippen molar-refractivity contribution in [2.45, 2.75) is 25.7 Å². The second-order valence-electron chi connectivity index (χ2n) is 5.67. The van der Waals surface area contributed by atoms with Crippen LogP contribution in [0.15, 0.2) is 34.9 Å². The monoisotopic (exact) mass is 335 g/mol. The summed E-state index contributed by atoms with van der Waals surface area (Å²) in [6.45, 7) is 0.733. The van der Waals surface area contributed by atoms with Crippen LogP contribution < -0.4 is 5.32 Å². The van der Waals surface area contributed by atoms with Gasteiger partial charge in [-0.25, -0.2) is 0 Å². The predicted octanol–water partition coefficient (Wildman–Crippen LogP) is 4.12. The van der Waals surface area contributed by atoms with Crippen LogP contribution in [0.1, 0.15) is 36.0 Å². The Morgan fingerprint density at radius 3 is 2.80 bits per heavy atom. The molecule has 1 amide bonds. The topological polar surface area (TPSA) is 42.2 Å². The van der Waals surface area contributed by atoms with Crippen molar-refractivity contribution in [1.29, 1.82) is 0 Å². The molecule has 0 aliphatic heterocycles. The zero-order valence-electron chi connectivity index (χ0n) is 11.3. The van der Waals surface area contributed by atoms with Gasteiger partial charge in [-0.1, -0.05) is 47.0 Å². The quantitative estimate of drug-likeness (QED) is 0.854. The van der Waals surface area contributed by atoms with E-state index in [1.807, 2.05) is 24.3 Å². The summed E-state index contributed by atoms with van der Waals surface area (Å²) in [5, 5.41) is 4.91. The number of carbonyl (C=O) groups excluding carboxylic acids is 1. The van der Waals surface area contributed by atoms with Gasteiger partial charge >= 0.3 is 0 Å². The number of hydrogen-bond donors (Lipinski definition) is 1. The Balaban J connectivity index is 1.73. The standard InChI is InChI=1S/C16H18BrNO2/c17-10-16(7-3-4-8-16)11-18-15(19)13-9-20-14-6-2-1-5-12(13)14/h1-2,5-6,9H,3-4,7-8,10-11H2,(H,18,19). The minimum Gasteiger partial charge on any atom is -0.463 e. The first-order valence-corrected chi connectivity index (χ1v) is 8.17. The zero-order chi connectivity index (χ0) is 14.0. The lowest BCUT2D eigenvalue weighted by atomic mass is 9.89. The molecule has 1 aliphatic carbocycles. The first-order valence-electron chi connectivity index (χ1n) is 7.05. The molecule has 1 saturated carbocycles. The van der Waals surface area contributed by atoms with Crippen molar-refractivity contribution < 1.29 is 9.21 Å². The Bertz CT molecular complexity index is 614. The van der Waals surface area contributed by atoms with Crippen LogP contribution in [0.4, 0.5) is 0 Å². The maximum absolute atomic E-state index is 12.3. The van der Waals surface area contributed by atoms with Crippen molar-refractivity contribution in [1.82, 2.24) is 5.32 Å². The first kappa shape index (κ1) is 13.7. The third kappa shape index (κ3) is 2.49. The van der Waals surface area contributed by atoms with E-state index in [0.717, 1.165) is 22.8 Å². The molecule has 20 heavy (non-hydrogen) atoms. The lowest BCUT2D eigenvalue weighted by molar-refractivity contribution is 0.0936. The van der Waals surface area contributed by atoms with Gasteiger partial charge in [-0.2, -0.15) is 0 Å². The van der Waals surface area contributed by atoms with Gasteiger partial charge in [0, 0.05) is 17.3 Å². The predicted molar refractivity (Wildman–Crippen MR) is 83.2 cm³/mol. The van der Waals surface area contributed by atoms with Gasteiger partial charge in [-0.3, -0.25) is 4.79 Å². The zero-order valence-corrected chi connectivity index (χ0v) is 12.9. The van der Waals surface area contributed by atoms with Crippen LogP contribution in [0.3, 0.4) is 0 Å². The number of para-hydroxylation sites is 1. The normalized spacial score (nSPS) is 17.4. The molecule has 1 heterocycles. The van der Waals surface area contributed by atoms with Gasteiger partial charge in [0.05, 0.1) is 5.56 Å². The molecule has 2 aromatic rings. The van der Waals surface area contributed by atoms with Crippen LogP contribution in [0, 0.1) is 5.41 Å². The summed E-state index contributed by atoms with van der Waals surface area (Å²) in [6, 6.07) is 7.63. The molecule has 1 aromatic carbocycles. The van der Waals surface area contributed by atoms with Crippen molar-refractivity contribution in [3.05, 3.63) is 36.1 Å². The van der Waals surface area contributed by atoms with Crippen molar-refractivity contribution in [2.75, 3.05) is 11.9 Å². The molecule has 1 fully saturated rings. The lowest BCUT2D eigenvalue weighted by Crippen LogP contribution is -2.37. The van der Waals surface area contributed by atoms with Gasteiger partial charge in [0.25, 0.3) is 5.91 Å². The van der Waals surface area contributed by atoms with Crippen molar-refractivity contribution in [3.63, 3.8) is 0 Å². The van der Waals surface area contributed by atoms with Gasteiger partial charge in [0.2, 0.25) is 0 Å². The highest BCUT2D eigenvalue weighted by atomic mass is 79.9. The number of rotatable bonds is 4. The minimum absolute atomic E-state index is 0.0397. The highest BCUT2D eigenvalue weighted by Gasteiger charge is 2.33. The summed E-state index contributed by atoms with van der Waals surface area (Å²) in [6.07, 6.45) is 6.44. The fourth-order valence-electron chi connectivity index (χ4n) is 3.00. The van der Waals surface area contributed by atoms with Crippen molar-refractivity contribution >= 4 is 32.8 Å². The Kier molecular flexibility index (Phi) is 3.83. The minimum atomic E-state index is -0.0397. The Hall–Kier alpha value is -1.29. The van der Waals surface area contributed by atoms with Crippen molar-refractivity contribution in [3.8, 4) is 0 Å². The molecule has 0 spiro atoms. The first-order chi connectivity index (χ1) is 9.74. The second-order valence-corrected chi connectivity index (χ2v) is 6.23. The van der Waals surface area contributed by atoms with E-state index >= 15 is 0 Å². The molecular weight excluding hydrogens is 318 g/mol. The average molecular weight is 336 g/mol. The van der Waals surface area contributed by atoms with Gasteiger partial charge in [0.15, 0.2) is 0 Å². The van der Waals surface area contributed by atoms with Gasteiger partial charge in [-0.05, 0) is 24.3 Å². The molecule has 4 heteroatoms. The van der Waals surface area contributed by atoms with Gasteiger partial charge < -0.3 is 9.73 Å². The van der Waals surface area contributed by atoms with Gasteiger partial charge in [0.1, 0.15) is 11.8 Å². The fourth-order valence-corrected chi connectivity index (χ4v) is 3.76. The molecule has 0 atom stereocenters. The largest absolute Gasteiger partial charge is 0.463 e. The summed E-state index contributed by atoms with van der Waals surface area (Å²) in [5.41, 5.74) is 1.62. The molecule has 1 aliphatic rings. The maximum Gasteiger partial charge on any atom is 0.255 e. The third-order valence-electron chi connectivity index (χ3n) is 4.30. The van der Waals surface area contributed by atoms with E-state index in [1.54, 1.807) is 6.26 Å². The third-order valence-corrected chi connectivity index (χ3v) is 5.49. The van der Waals surface area contributed by atoms with Crippen molar-refractivity contribution in [2.24, 2.45) is 5.41 Å². The van der Waals surface area contributed by atoms with E-state index in [2.05, 4.69) is 21.2 Å². The van der Waals surface area contributed by atoms with Gasteiger partial charge in [-0.15, -0.1) is 0 Å². The molecule has 0 saturated heterocycles. The Morgan fingerprint density at radius 1 is 1.30 bits per heavy atom. The van der Waals surface area contributed by atoms with Crippen LogP contribution in [0.5, 0.6) is 0 Å². The van der Waals surface area contributed by atoms with Crippen LogP contribution >= 0.6 is 15.9 Å². The number of benzene rings is 1. The highest BCUT2D eigenvalue weighted by Crippen LogP contribution is 2.39.